The second-order valence-corrected chi connectivity index (χ2v) is 6.43. The molecule has 7 heteroatoms. The standard InChI is InChI=1S/2C10H11FO2.ClH/c2*11-8-2-4-10-7(5-8)1-3-9(6-12)13-10;/h2*2,4-5,9,12H,1,3,6H2;1H. The molecule has 2 aromatic carbocycles. The van der Waals surface area contributed by atoms with Gasteiger partial charge in [0.2, 0.25) is 0 Å². The second-order valence-electron chi connectivity index (χ2n) is 6.43. The van der Waals surface area contributed by atoms with Crippen LogP contribution < -0.4 is 9.47 Å². The molecule has 4 nitrogen and oxygen atoms in total. The molecule has 4 rings (SSSR count). The molecule has 2 N–H and O–H groups in total. The van der Waals surface area contributed by atoms with Crippen molar-refractivity contribution in [2.24, 2.45) is 0 Å². The van der Waals surface area contributed by atoms with Gasteiger partial charge in [-0.1, -0.05) is 0 Å². The van der Waals surface area contributed by atoms with Gasteiger partial charge in [0, 0.05) is 0 Å². The number of hydrogen-bond donors (Lipinski definition) is 2. The van der Waals surface area contributed by atoms with Gasteiger partial charge < -0.3 is 19.7 Å². The fraction of sp³-hybridized carbons (Fsp3) is 0.400. The van der Waals surface area contributed by atoms with E-state index in [4.69, 9.17) is 19.7 Å². The van der Waals surface area contributed by atoms with E-state index < -0.39 is 0 Å². The summed E-state index contributed by atoms with van der Waals surface area (Å²) >= 11 is 0. The average Bonchev–Trinajstić information content (AvgIpc) is 2.67. The minimum atomic E-state index is -0.232. The van der Waals surface area contributed by atoms with Crippen LogP contribution in [0.2, 0.25) is 0 Å². The number of halogens is 3. The molecule has 0 radical (unpaired) electrons. The highest BCUT2D eigenvalue weighted by molar-refractivity contribution is 5.85. The first-order valence-electron chi connectivity index (χ1n) is 8.71. The van der Waals surface area contributed by atoms with Crippen LogP contribution in [0.1, 0.15) is 24.0 Å². The molecule has 2 aliphatic rings. The molecule has 2 aliphatic heterocycles. The molecule has 0 spiro atoms. The van der Waals surface area contributed by atoms with Crippen LogP contribution in [0.3, 0.4) is 0 Å². The van der Waals surface area contributed by atoms with Crippen molar-refractivity contribution in [1.82, 2.24) is 0 Å². The molecule has 0 bridgehead atoms. The Bertz CT molecular complexity index is 693. The number of hydrogen-bond acceptors (Lipinski definition) is 4. The third-order valence-corrected chi connectivity index (χ3v) is 4.51. The highest BCUT2D eigenvalue weighted by Crippen LogP contribution is 2.28. The monoisotopic (exact) mass is 400 g/mol. The first-order valence-corrected chi connectivity index (χ1v) is 8.71. The van der Waals surface area contributed by atoms with Crippen LogP contribution in [-0.2, 0) is 12.8 Å². The molecular formula is C20H23ClF2O4. The molecule has 0 aromatic heterocycles. The number of ether oxygens (including phenoxy) is 2. The largest absolute Gasteiger partial charge is 0.488 e. The van der Waals surface area contributed by atoms with Gasteiger partial charge in [0.1, 0.15) is 35.3 Å². The Hall–Kier alpha value is -1.89. The number of benzene rings is 2. The number of fused-ring (bicyclic) bond motifs is 2. The van der Waals surface area contributed by atoms with Gasteiger partial charge in [0.15, 0.2) is 0 Å². The summed E-state index contributed by atoms with van der Waals surface area (Å²) in [4.78, 5) is 0. The topological polar surface area (TPSA) is 58.9 Å². The molecule has 0 saturated carbocycles. The van der Waals surface area contributed by atoms with E-state index in [-0.39, 0.29) is 49.5 Å². The number of aliphatic hydroxyl groups excluding tert-OH is 2. The quantitative estimate of drug-likeness (QED) is 0.810. The van der Waals surface area contributed by atoms with E-state index in [0.717, 1.165) is 36.8 Å². The van der Waals surface area contributed by atoms with Crippen LogP contribution in [0.4, 0.5) is 8.78 Å². The summed E-state index contributed by atoms with van der Waals surface area (Å²) in [6.45, 7) is 0.0492. The first kappa shape index (κ1) is 21.4. The van der Waals surface area contributed by atoms with Gasteiger partial charge in [-0.25, -0.2) is 8.78 Å². The van der Waals surface area contributed by atoms with Crippen LogP contribution in [0.5, 0.6) is 11.5 Å². The molecule has 2 atom stereocenters. The average molecular weight is 401 g/mol. The summed E-state index contributed by atoms with van der Waals surface area (Å²) in [6.07, 6.45) is 2.81. The van der Waals surface area contributed by atoms with E-state index in [2.05, 4.69) is 0 Å². The molecule has 2 aromatic rings. The van der Waals surface area contributed by atoms with Crippen molar-refractivity contribution in [2.45, 2.75) is 37.9 Å². The Morgan fingerprint density at radius 3 is 1.56 bits per heavy atom. The summed E-state index contributed by atoms with van der Waals surface area (Å²) in [6, 6.07) is 8.96. The smallest absolute Gasteiger partial charge is 0.123 e. The lowest BCUT2D eigenvalue weighted by Gasteiger charge is -2.24. The third kappa shape index (κ3) is 5.54. The summed E-state index contributed by atoms with van der Waals surface area (Å²) in [5.74, 6) is 0.938. The van der Waals surface area contributed by atoms with Crippen molar-refractivity contribution in [3.8, 4) is 11.5 Å². The van der Waals surface area contributed by atoms with Crippen molar-refractivity contribution < 1.29 is 28.5 Å². The minimum Gasteiger partial charge on any atom is -0.488 e. The Morgan fingerprint density at radius 2 is 1.19 bits per heavy atom. The second kappa shape index (κ2) is 9.88. The lowest BCUT2D eigenvalue weighted by Crippen LogP contribution is -2.26. The van der Waals surface area contributed by atoms with Crippen LogP contribution in [0.15, 0.2) is 36.4 Å². The zero-order chi connectivity index (χ0) is 18.5. The van der Waals surface area contributed by atoms with Gasteiger partial charge in [-0.3, -0.25) is 0 Å². The molecule has 0 fully saturated rings. The number of rotatable bonds is 2. The van der Waals surface area contributed by atoms with E-state index in [0.29, 0.717) is 11.5 Å². The summed E-state index contributed by atoms with van der Waals surface area (Å²) < 4.78 is 36.4. The summed E-state index contributed by atoms with van der Waals surface area (Å²) in [5, 5.41) is 17.7. The van der Waals surface area contributed by atoms with Crippen LogP contribution in [0.25, 0.3) is 0 Å². The predicted molar refractivity (Wildman–Crippen MR) is 99.7 cm³/mol. The maximum Gasteiger partial charge on any atom is 0.123 e. The van der Waals surface area contributed by atoms with E-state index >= 15 is 0 Å². The van der Waals surface area contributed by atoms with Crippen molar-refractivity contribution >= 4 is 12.4 Å². The maximum absolute atomic E-state index is 12.8. The number of aryl methyl sites for hydroxylation is 2. The van der Waals surface area contributed by atoms with Crippen LogP contribution in [0, 0.1) is 11.6 Å². The molecule has 27 heavy (non-hydrogen) atoms. The molecule has 0 saturated heterocycles. The van der Waals surface area contributed by atoms with Gasteiger partial charge in [-0.05, 0) is 73.2 Å². The van der Waals surface area contributed by atoms with Crippen molar-refractivity contribution in [3.05, 3.63) is 59.2 Å². The lowest BCUT2D eigenvalue weighted by molar-refractivity contribution is 0.0976. The fourth-order valence-electron chi connectivity index (χ4n) is 3.08. The molecule has 2 heterocycles. The Balaban J connectivity index is 0.000000187. The highest BCUT2D eigenvalue weighted by Gasteiger charge is 2.19. The fourth-order valence-corrected chi connectivity index (χ4v) is 3.08. The van der Waals surface area contributed by atoms with E-state index in [1.54, 1.807) is 12.1 Å². The normalized spacial score (nSPS) is 19.9. The zero-order valence-electron chi connectivity index (χ0n) is 14.7. The van der Waals surface area contributed by atoms with Gasteiger partial charge in [-0.15, -0.1) is 12.4 Å². The van der Waals surface area contributed by atoms with E-state index in [1.165, 1.54) is 24.3 Å². The van der Waals surface area contributed by atoms with Gasteiger partial charge in [-0.2, -0.15) is 0 Å². The molecule has 2 unspecified atom stereocenters. The third-order valence-electron chi connectivity index (χ3n) is 4.51. The number of aliphatic hydroxyl groups is 2. The van der Waals surface area contributed by atoms with Gasteiger partial charge in [0.25, 0.3) is 0 Å². The van der Waals surface area contributed by atoms with Crippen molar-refractivity contribution in [2.75, 3.05) is 13.2 Å². The summed E-state index contributed by atoms with van der Waals surface area (Å²) in [5.41, 5.74) is 1.79. The van der Waals surface area contributed by atoms with Crippen molar-refractivity contribution in [3.63, 3.8) is 0 Å². The first-order chi connectivity index (χ1) is 12.6. The SMILES string of the molecule is Cl.OCC1CCc2cc(F)ccc2O1.OCC1CCc2cc(F)ccc2O1. The lowest BCUT2D eigenvalue weighted by atomic mass is 10.0. The molecule has 0 amide bonds. The molecular weight excluding hydrogens is 378 g/mol. The predicted octanol–water partition coefficient (Wildman–Crippen LogP) is 3.45. The van der Waals surface area contributed by atoms with Crippen LogP contribution in [-0.4, -0.2) is 35.6 Å². The molecule has 148 valence electrons. The van der Waals surface area contributed by atoms with Gasteiger partial charge in [0.05, 0.1) is 13.2 Å². The van der Waals surface area contributed by atoms with E-state index in [9.17, 15) is 8.78 Å². The Labute approximate surface area is 163 Å². The summed E-state index contributed by atoms with van der Waals surface area (Å²) in [7, 11) is 0. The Morgan fingerprint density at radius 1 is 0.778 bits per heavy atom. The molecule has 0 aliphatic carbocycles. The highest BCUT2D eigenvalue weighted by atomic mass is 35.5. The Kier molecular flexibility index (Phi) is 7.83. The van der Waals surface area contributed by atoms with Gasteiger partial charge >= 0.3 is 0 Å². The minimum absolute atomic E-state index is 0. The zero-order valence-corrected chi connectivity index (χ0v) is 15.6. The van der Waals surface area contributed by atoms with Crippen molar-refractivity contribution in [1.29, 1.82) is 0 Å². The van der Waals surface area contributed by atoms with E-state index in [1.807, 2.05) is 0 Å². The maximum atomic E-state index is 12.8. The van der Waals surface area contributed by atoms with Crippen LogP contribution >= 0.6 is 12.4 Å².